The van der Waals surface area contributed by atoms with Crippen LogP contribution in [0.1, 0.15) is 65.8 Å². The summed E-state index contributed by atoms with van der Waals surface area (Å²) in [7, 11) is -2.64. The molecule has 0 bridgehead atoms. The SMILES string of the molecule is CC(C)NC(=O)Nc1ccc(C(F)(F)F)cc1C(=O)NCC(=O)N[C@@H]1CCCC[C@@H]1NC(=O)c1ccc(SS(C)(=O)=O)cc1. The van der Waals surface area contributed by atoms with Gasteiger partial charge >= 0.3 is 12.2 Å². The summed E-state index contributed by atoms with van der Waals surface area (Å²) >= 11 is 0. The molecule has 1 fully saturated rings. The van der Waals surface area contributed by atoms with Gasteiger partial charge in [0.2, 0.25) is 14.8 Å². The summed E-state index contributed by atoms with van der Waals surface area (Å²) in [5, 5.41) is 12.8. The molecule has 2 aromatic carbocycles. The highest BCUT2D eigenvalue weighted by atomic mass is 33.1. The predicted molar refractivity (Wildman–Crippen MR) is 160 cm³/mol. The molecule has 16 heteroatoms. The van der Waals surface area contributed by atoms with Crippen LogP contribution in [-0.4, -0.2) is 63.1 Å². The Morgan fingerprint density at radius 1 is 0.932 bits per heavy atom. The third-order valence-corrected chi connectivity index (χ3v) is 8.71. The van der Waals surface area contributed by atoms with E-state index in [4.69, 9.17) is 0 Å². The molecule has 0 spiro atoms. The number of alkyl halides is 3. The molecule has 3 rings (SSSR count). The van der Waals surface area contributed by atoms with Crippen molar-refractivity contribution in [3.63, 3.8) is 0 Å². The van der Waals surface area contributed by atoms with Gasteiger partial charge in [-0.25, -0.2) is 13.2 Å². The second-order valence-corrected chi connectivity index (χ2v) is 14.9. The van der Waals surface area contributed by atoms with Gasteiger partial charge in [-0.05, 0) is 69.2 Å². The van der Waals surface area contributed by atoms with Crippen molar-refractivity contribution in [2.75, 3.05) is 18.1 Å². The van der Waals surface area contributed by atoms with Gasteiger partial charge in [0.25, 0.3) is 11.8 Å². The highest BCUT2D eigenvalue weighted by Crippen LogP contribution is 2.32. The van der Waals surface area contributed by atoms with E-state index in [0.717, 1.165) is 31.2 Å². The van der Waals surface area contributed by atoms with Crippen molar-refractivity contribution in [2.24, 2.45) is 0 Å². The van der Waals surface area contributed by atoms with Gasteiger partial charge in [-0.3, -0.25) is 14.4 Å². The maximum absolute atomic E-state index is 13.3. The Balaban J connectivity index is 1.63. The number of hydrogen-bond donors (Lipinski definition) is 5. The Bertz CT molecular complexity index is 1480. The molecule has 5 amide bonds. The van der Waals surface area contributed by atoms with E-state index in [1.54, 1.807) is 13.8 Å². The summed E-state index contributed by atoms with van der Waals surface area (Å²) in [6.07, 6.45) is -0.977. The van der Waals surface area contributed by atoms with E-state index in [0.29, 0.717) is 40.2 Å². The highest BCUT2D eigenvalue weighted by molar-refractivity contribution is 8.71. The maximum Gasteiger partial charge on any atom is 0.416 e. The summed E-state index contributed by atoms with van der Waals surface area (Å²) in [4.78, 5) is 51.1. The standard InChI is InChI=1S/C28H34F3N5O6S2/c1-16(2)33-27(40)36-21-13-10-18(28(29,30)31)14-20(21)26(39)32-15-24(37)34-22-6-4-5-7-23(22)35-25(38)17-8-11-19(12-9-17)43-44(3,41)42/h8-14,16,22-23H,4-7,15H2,1-3H3,(H,32,39)(H,34,37)(H,35,38)(H2,33,36,40)/t22-,23+/m1/s1. The van der Waals surface area contributed by atoms with Gasteiger partial charge < -0.3 is 26.6 Å². The highest BCUT2D eigenvalue weighted by Gasteiger charge is 2.32. The van der Waals surface area contributed by atoms with Gasteiger partial charge in [-0.2, -0.15) is 13.2 Å². The number of amides is 5. The van der Waals surface area contributed by atoms with Crippen LogP contribution in [0.5, 0.6) is 0 Å². The minimum Gasteiger partial charge on any atom is -0.350 e. The molecule has 2 aromatic rings. The van der Waals surface area contributed by atoms with Crippen molar-refractivity contribution in [1.82, 2.24) is 21.3 Å². The van der Waals surface area contributed by atoms with Gasteiger partial charge in [0.05, 0.1) is 23.4 Å². The molecule has 0 aliphatic heterocycles. The molecule has 44 heavy (non-hydrogen) atoms. The molecule has 0 heterocycles. The van der Waals surface area contributed by atoms with Crippen LogP contribution in [0.3, 0.4) is 0 Å². The minimum atomic E-state index is -4.75. The van der Waals surface area contributed by atoms with E-state index >= 15 is 0 Å². The van der Waals surface area contributed by atoms with Crippen molar-refractivity contribution in [1.29, 1.82) is 0 Å². The molecule has 2 atom stereocenters. The van der Waals surface area contributed by atoms with Crippen LogP contribution < -0.4 is 26.6 Å². The van der Waals surface area contributed by atoms with Crippen molar-refractivity contribution >= 4 is 49.1 Å². The Labute approximate surface area is 256 Å². The van der Waals surface area contributed by atoms with Crippen LogP contribution in [0.25, 0.3) is 0 Å². The number of hydrogen-bond acceptors (Lipinski definition) is 7. The number of carbonyl (C=O) groups is 4. The number of nitrogens with one attached hydrogen (secondary N) is 5. The first-order chi connectivity index (χ1) is 20.5. The zero-order valence-electron chi connectivity index (χ0n) is 24.2. The lowest BCUT2D eigenvalue weighted by atomic mass is 9.90. The molecule has 11 nitrogen and oxygen atoms in total. The van der Waals surface area contributed by atoms with Gasteiger partial charge in [-0.1, -0.05) is 12.8 Å². The average molecular weight is 658 g/mol. The van der Waals surface area contributed by atoms with Crippen LogP contribution >= 0.6 is 10.8 Å². The fourth-order valence-corrected chi connectivity index (χ4v) is 6.50. The largest absolute Gasteiger partial charge is 0.416 e. The number of halogens is 3. The van der Waals surface area contributed by atoms with Gasteiger partial charge in [0.15, 0.2) is 0 Å². The first-order valence-corrected chi connectivity index (χ1v) is 16.9. The molecule has 0 unspecified atom stereocenters. The molecule has 1 aliphatic rings. The molecule has 0 radical (unpaired) electrons. The second kappa shape index (κ2) is 14.8. The van der Waals surface area contributed by atoms with Crippen LogP contribution in [0.4, 0.5) is 23.7 Å². The fourth-order valence-electron chi connectivity index (χ4n) is 4.52. The zero-order chi connectivity index (χ0) is 32.7. The fraction of sp³-hybridized carbons (Fsp3) is 0.429. The number of carbonyl (C=O) groups excluding carboxylic acids is 4. The van der Waals surface area contributed by atoms with E-state index in [9.17, 15) is 40.8 Å². The molecule has 240 valence electrons. The minimum absolute atomic E-state index is 0.174. The van der Waals surface area contributed by atoms with Gasteiger partial charge in [0, 0.05) is 45.6 Å². The molecule has 5 N–H and O–H groups in total. The normalized spacial score (nSPS) is 17.0. The lowest BCUT2D eigenvalue weighted by molar-refractivity contribution is -0.137. The van der Waals surface area contributed by atoms with Gasteiger partial charge in [-0.15, -0.1) is 0 Å². The Kier molecular flexibility index (Phi) is 11.7. The molecule has 1 saturated carbocycles. The summed E-state index contributed by atoms with van der Waals surface area (Å²) in [6.45, 7) is 2.80. The molecular weight excluding hydrogens is 623 g/mol. The van der Waals surface area contributed by atoms with E-state index in [-0.39, 0.29) is 11.7 Å². The molecular formula is C28H34F3N5O6S2. The Morgan fingerprint density at radius 2 is 1.55 bits per heavy atom. The van der Waals surface area contributed by atoms with Crippen LogP contribution in [0.2, 0.25) is 0 Å². The molecule has 0 aromatic heterocycles. The van der Waals surface area contributed by atoms with E-state index in [2.05, 4.69) is 26.6 Å². The van der Waals surface area contributed by atoms with Crippen LogP contribution in [0, 0.1) is 0 Å². The first-order valence-electron chi connectivity index (χ1n) is 13.7. The summed E-state index contributed by atoms with van der Waals surface area (Å²) in [5.41, 5.74) is -1.45. The monoisotopic (exact) mass is 657 g/mol. The van der Waals surface area contributed by atoms with E-state index in [1.807, 2.05) is 0 Å². The predicted octanol–water partition coefficient (Wildman–Crippen LogP) is 3.87. The number of anilines is 1. The number of urea groups is 1. The maximum atomic E-state index is 13.3. The summed E-state index contributed by atoms with van der Waals surface area (Å²) in [5.74, 6) is -2.03. The Morgan fingerprint density at radius 3 is 2.11 bits per heavy atom. The second-order valence-electron chi connectivity index (χ2n) is 10.5. The lowest BCUT2D eigenvalue weighted by Gasteiger charge is -2.33. The molecule has 0 saturated heterocycles. The average Bonchev–Trinajstić information content (AvgIpc) is 2.91. The van der Waals surface area contributed by atoms with Gasteiger partial charge in [0.1, 0.15) is 0 Å². The zero-order valence-corrected chi connectivity index (χ0v) is 25.8. The quantitative estimate of drug-likeness (QED) is 0.242. The Hall–Kier alpha value is -3.79. The van der Waals surface area contributed by atoms with Crippen molar-refractivity contribution < 1.29 is 40.8 Å². The third kappa shape index (κ3) is 10.7. The van der Waals surface area contributed by atoms with E-state index in [1.165, 1.54) is 24.3 Å². The van der Waals surface area contributed by atoms with Crippen molar-refractivity contribution in [3.8, 4) is 0 Å². The third-order valence-electron chi connectivity index (χ3n) is 6.46. The van der Waals surface area contributed by atoms with Crippen LogP contribution in [0.15, 0.2) is 47.4 Å². The number of benzene rings is 2. The first kappa shape index (κ1) is 34.7. The van der Waals surface area contributed by atoms with E-state index < -0.39 is 68.6 Å². The molecule has 1 aliphatic carbocycles. The lowest BCUT2D eigenvalue weighted by Crippen LogP contribution is -2.54. The number of rotatable bonds is 10. The summed E-state index contributed by atoms with van der Waals surface area (Å²) < 4.78 is 62.9. The van der Waals surface area contributed by atoms with Crippen molar-refractivity contribution in [2.45, 2.75) is 68.7 Å². The van der Waals surface area contributed by atoms with Crippen molar-refractivity contribution in [3.05, 3.63) is 59.2 Å². The smallest absolute Gasteiger partial charge is 0.350 e. The van der Waals surface area contributed by atoms with Crippen LogP contribution in [-0.2, 0) is 19.8 Å². The topological polar surface area (TPSA) is 163 Å². The summed E-state index contributed by atoms with van der Waals surface area (Å²) in [6, 6.07) is 6.43.